The zero-order valence-corrected chi connectivity index (χ0v) is 12.0. The Bertz CT molecular complexity index is 720. The van der Waals surface area contributed by atoms with Crippen LogP contribution in [0.1, 0.15) is 18.5 Å². The number of primary amides is 1. The zero-order valence-electron chi connectivity index (χ0n) is 12.0. The number of hydrogen-bond acceptors (Lipinski definition) is 6. The van der Waals surface area contributed by atoms with Gasteiger partial charge in [0.05, 0.1) is 11.6 Å². The first kappa shape index (κ1) is 14.9. The SMILES string of the molecule is CC(C(N)=O)C1OC(=O)N(F)C1c1ccc(-n2cnnn2)cc1. The van der Waals surface area contributed by atoms with Crippen LogP contribution in [0.3, 0.4) is 0 Å². The molecule has 0 radical (unpaired) electrons. The summed E-state index contributed by atoms with van der Waals surface area (Å²) in [6.07, 6.45) is -0.724. The van der Waals surface area contributed by atoms with Crippen LogP contribution in [-0.2, 0) is 9.53 Å². The Labute approximate surface area is 129 Å². The molecule has 1 aliphatic rings. The molecule has 23 heavy (non-hydrogen) atoms. The predicted molar refractivity (Wildman–Crippen MR) is 73.5 cm³/mol. The maximum Gasteiger partial charge on any atom is 0.439 e. The molecule has 3 unspecified atom stereocenters. The van der Waals surface area contributed by atoms with Crippen molar-refractivity contribution < 1.29 is 18.8 Å². The minimum atomic E-state index is -1.14. The Morgan fingerprint density at radius 1 is 1.39 bits per heavy atom. The molecule has 2 amide bonds. The molecule has 1 saturated heterocycles. The number of tetrazole rings is 1. The summed E-state index contributed by atoms with van der Waals surface area (Å²) < 4.78 is 20.5. The van der Waals surface area contributed by atoms with Gasteiger partial charge in [0.1, 0.15) is 18.5 Å². The van der Waals surface area contributed by atoms with Crippen LogP contribution in [0.2, 0.25) is 0 Å². The van der Waals surface area contributed by atoms with Gasteiger partial charge in [0.2, 0.25) is 5.91 Å². The lowest BCUT2D eigenvalue weighted by atomic mass is 9.92. The molecule has 0 spiro atoms. The smallest absolute Gasteiger partial charge is 0.439 e. The maximum absolute atomic E-state index is 14.1. The number of rotatable bonds is 4. The number of ether oxygens (including phenoxy) is 1. The van der Waals surface area contributed by atoms with E-state index >= 15 is 0 Å². The van der Waals surface area contributed by atoms with Crippen molar-refractivity contribution >= 4 is 12.0 Å². The summed E-state index contributed by atoms with van der Waals surface area (Å²) in [5.41, 5.74) is 6.37. The number of nitrogens with zero attached hydrogens (tertiary/aromatic N) is 5. The minimum Gasteiger partial charge on any atom is -0.441 e. The lowest BCUT2D eigenvalue weighted by Gasteiger charge is -2.22. The fourth-order valence-electron chi connectivity index (χ4n) is 2.44. The highest BCUT2D eigenvalue weighted by Crippen LogP contribution is 2.37. The van der Waals surface area contributed by atoms with Crippen molar-refractivity contribution in [2.24, 2.45) is 11.7 Å². The fourth-order valence-corrected chi connectivity index (χ4v) is 2.44. The van der Waals surface area contributed by atoms with E-state index in [1.807, 2.05) is 0 Å². The maximum atomic E-state index is 14.1. The van der Waals surface area contributed by atoms with Crippen molar-refractivity contribution in [2.45, 2.75) is 19.1 Å². The summed E-state index contributed by atoms with van der Waals surface area (Å²) in [6, 6.07) is 5.49. The van der Waals surface area contributed by atoms with Gasteiger partial charge in [-0.3, -0.25) is 4.79 Å². The molecule has 2 heterocycles. The van der Waals surface area contributed by atoms with E-state index in [0.29, 0.717) is 11.3 Å². The van der Waals surface area contributed by atoms with E-state index in [1.165, 1.54) is 17.9 Å². The van der Waals surface area contributed by atoms with Crippen LogP contribution in [0, 0.1) is 5.92 Å². The largest absolute Gasteiger partial charge is 0.441 e. The topological polar surface area (TPSA) is 116 Å². The van der Waals surface area contributed by atoms with E-state index in [2.05, 4.69) is 15.5 Å². The summed E-state index contributed by atoms with van der Waals surface area (Å²) in [7, 11) is 0. The second-order valence-electron chi connectivity index (χ2n) is 5.14. The average Bonchev–Trinajstić information content (AvgIpc) is 3.16. The van der Waals surface area contributed by atoms with E-state index in [0.717, 1.165) is 0 Å². The second kappa shape index (κ2) is 5.63. The van der Waals surface area contributed by atoms with Gasteiger partial charge >= 0.3 is 6.09 Å². The van der Waals surface area contributed by atoms with E-state index in [9.17, 15) is 14.1 Å². The van der Waals surface area contributed by atoms with E-state index < -0.39 is 30.1 Å². The number of amides is 2. The van der Waals surface area contributed by atoms with Crippen molar-refractivity contribution in [1.29, 1.82) is 0 Å². The summed E-state index contributed by atoms with van der Waals surface area (Å²) in [4.78, 5) is 22.8. The standard InChI is InChI=1S/C13H13FN6O3/c1-7(12(15)21)11-10(20(14)13(22)23-11)8-2-4-9(5-3-8)19-6-16-17-18-19/h2-7,10-11H,1H3,(H2,15,21). The first-order chi connectivity index (χ1) is 11.0. The van der Waals surface area contributed by atoms with E-state index in [1.54, 1.807) is 24.3 Å². The predicted octanol–water partition coefficient (Wildman–Crippen LogP) is 0.530. The van der Waals surface area contributed by atoms with Gasteiger partial charge in [-0.2, -0.15) is 0 Å². The molecule has 10 heteroatoms. The molecule has 0 saturated carbocycles. The van der Waals surface area contributed by atoms with Crippen LogP contribution >= 0.6 is 0 Å². The summed E-state index contributed by atoms with van der Waals surface area (Å²) in [5.74, 6) is -1.50. The molecule has 3 rings (SSSR count). The lowest BCUT2D eigenvalue weighted by Crippen LogP contribution is -2.35. The molecular weight excluding hydrogens is 307 g/mol. The Morgan fingerprint density at radius 2 is 2.09 bits per heavy atom. The molecular formula is C13H13FN6O3. The molecule has 120 valence electrons. The highest BCUT2D eigenvalue weighted by molar-refractivity contribution is 5.79. The monoisotopic (exact) mass is 320 g/mol. The van der Waals surface area contributed by atoms with Crippen LogP contribution in [0.5, 0.6) is 0 Å². The number of cyclic esters (lactones) is 1. The van der Waals surface area contributed by atoms with Crippen molar-refractivity contribution in [3.63, 3.8) is 0 Å². The highest BCUT2D eigenvalue weighted by atomic mass is 19.2. The number of nitrogens with two attached hydrogens (primary N) is 1. The highest BCUT2D eigenvalue weighted by Gasteiger charge is 2.47. The Balaban J connectivity index is 1.91. The number of aromatic nitrogens is 4. The molecule has 1 fully saturated rings. The molecule has 0 aliphatic carbocycles. The van der Waals surface area contributed by atoms with Gasteiger partial charge in [0, 0.05) is 0 Å². The van der Waals surface area contributed by atoms with Crippen molar-refractivity contribution in [3.8, 4) is 5.69 Å². The molecule has 1 aliphatic heterocycles. The molecule has 9 nitrogen and oxygen atoms in total. The van der Waals surface area contributed by atoms with Gasteiger partial charge in [-0.25, -0.2) is 9.48 Å². The Kier molecular flexibility index (Phi) is 3.64. The van der Waals surface area contributed by atoms with Gasteiger partial charge in [0.25, 0.3) is 0 Å². The van der Waals surface area contributed by atoms with Gasteiger partial charge in [-0.05, 0) is 35.0 Å². The Morgan fingerprint density at radius 3 is 2.65 bits per heavy atom. The molecule has 0 bridgehead atoms. The Hall–Kier alpha value is -3.04. The number of benzene rings is 1. The molecule has 1 aromatic heterocycles. The van der Waals surface area contributed by atoms with E-state index in [-0.39, 0.29) is 5.12 Å². The van der Waals surface area contributed by atoms with Crippen molar-refractivity contribution in [3.05, 3.63) is 36.2 Å². The first-order valence-corrected chi connectivity index (χ1v) is 6.77. The van der Waals surface area contributed by atoms with Gasteiger partial charge in [0.15, 0.2) is 0 Å². The number of hydrogen-bond donors (Lipinski definition) is 1. The quantitative estimate of drug-likeness (QED) is 0.821. The molecule has 2 N–H and O–H groups in total. The first-order valence-electron chi connectivity index (χ1n) is 6.77. The second-order valence-corrected chi connectivity index (χ2v) is 5.14. The summed E-state index contributed by atoms with van der Waals surface area (Å²) >= 11 is 0. The van der Waals surface area contributed by atoms with Crippen LogP contribution in [0.4, 0.5) is 9.28 Å². The van der Waals surface area contributed by atoms with E-state index in [4.69, 9.17) is 10.5 Å². The normalized spacial score (nSPS) is 22.0. The number of carbonyl (C=O) groups is 2. The summed E-state index contributed by atoms with van der Waals surface area (Å²) in [5, 5.41) is 10.8. The van der Waals surface area contributed by atoms with Crippen LogP contribution in [0.15, 0.2) is 30.6 Å². The van der Waals surface area contributed by atoms with Gasteiger partial charge in [-0.15, -0.1) is 10.2 Å². The number of halogens is 1. The number of carbonyl (C=O) groups excluding carboxylic acids is 2. The average molecular weight is 320 g/mol. The van der Waals surface area contributed by atoms with Crippen LogP contribution < -0.4 is 5.73 Å². The lowest BCUT2D eigenvalue weighted by molar-refractivity contribution is -0.124. The van der Waals surface area contributed by atoms with Gasteiger partial charge in [-0.1, -0.05) is 16.6 Å². The van der Waals surface area contributed by atoms with Crippen LogP contribution in [-0.4, -0.2) is 43.4 Å². The van der Waals surface area contributed by atoms with Crippen LogP contribution in [0.25, 0.3) is 5.69 Å². The summed E-state index contributed by atoms with van der Waals surface area (Å²) in [6.45, 7) is 1.49. The minimum absolute atomic E-state index is 0.0316. The van der Waals surface area contributed by atoms with Crippen molar-refractivity contribution in [2.75, 3.05) is 0 Å². The third-order valence-corrected chi connectivity index (χ3v) is 3.76. The fraction of sp³-hybridized carbons (Fsp3) is 0.308. The molecule has 2 aromatic rings. The molecule has 1 aromatic carbocycles. The third-order valence-electron chi connectivity index (χ3n) is 3.76. The zero-order chi connectivity index (χ0) is 16.6. The third kappa shape index (κ3) is 2.58. The molecule has 3 atom stereocenters. The van der Waals surface area contributed by atoms with Crippen molar-refractivity contribution in [1.82, 2.24) is 25.3 Å². The van der Waals surface area contributed by atoms with Gasteiger partial charge < -0.3 is 10.5 Å².